The summed E-state index contributed by atoms with van der Waals surface area (Å²) in [7, 11) is 1.77. The van der Waals surface area contributed by atoms with Gasteiger partial charge in [-0.1, -0.05) is 17.7 Å². The molecule has 0 bridgehead atoms. The molecule has 0 aliphatic heterocycles. The number of amides is 1. The Morgan fingerprint density at radius 2 is 1.93 bits per heavy atom. The molecule has 1 amide bonds. The molecule has 0 spiro atoms. The topological polar surface area (TPSA) is 71.0 Å². The third kappa shape index (κ3) is 5.24. The van der Waals surface area contributed by atoms with E-state index >= 15 is 0 Å². The molecule has 27 heavy (non-hydrogen) atoms. The van der Waals surface area contributed by atoms with Gasteiger partial charge in [0.05, 0.1) is 0 Å². The van der Waals surface area contributed by atoms with Gasteiger partial charge in [-0.05, 0) is 55.3 Å². The predicted molar refractivity (Wildman–Crippen MR) is 106 cm³/mol. The number of halogens is 1. The number of carbonyl (C=O) groups excluding carboxylic acids is 1. The summed E-state index contributed by atoms with van der Waals surface area (Å²) in [5.41, 5.74) is 2.95. The molecule has 6 nitrogen and oxygen atoms in total. The van der Waals surface area contributed by atoms with Crippen molar-refractivity contribution in [2.75, 3.05) is 18.9 Å². The van der Waals surface area contributed by atoms with E-state index in [4.69, 9.17) is 11.6 Å². The van der Waals surface area contributed by atoms with Crippen LogP contribution in [0.2, 0.25) is 5.02 Å². The van der Waals surface area contributed by atoms with Crippen LogP contribution in [-0.2, 0) is 6.42 Å². The molecule has 0 unspecified atom stereocenters. The highest BCUT2D eigenvalue weighted by atomic mass is 35.5. The van der Waals surface area contributed by atoms with Crippen molar-refractivity contribution in [3.05, 3.63) is 76.8 Å². The molecule has 3 rings (SSSR count). The molecular formula is C20H20ClN5O. The van der Waals surface area contributed by atoms with Gasteiger partial charge in [0.25, 0.3) is 5.91 Å². The number of hydrogen-bond donors (Lipinski definition) is 1. The number of nitrogens with zero attached hydrogens (tertiary/aromatic N) is 4. The summed E-state index contributed by atoms with van der Waals surface area (Å²) >= 11 is 6.01. The first-order chi connectivity index (χ1) is 13.0. The minimum Gasteiger partial charge on any atom is -0.340 e. The second-order valence-electron chi connectivity index (χ2n) is 6.19. The lowest BCUT2D eigenvalue weighted by molar-refractivity contribution is 0.0790. The monoisotopic (exact) mass is 381 g/mol. The fourth-order valence-electron chi connectivity index (χ4n) is 2.57. The highest BCUT2D eigenvalue weighted by Crippen LogP contribution is 2.18. The summed E-state index contributed by atoms with van der Waals surface area (Å²) in [6, 6.07) is 12.8. The van der Waals surface area contributed by atoms with Crippen LogP contribution < -0.4 is 5.32 Å². The zero-order chi connectivity index (χ0) is 19.2. The number of anilines is 2. The van der Waals surface area contributed by atoms with Gasteiger partial charge in [-0.15, -0.1) is 0 Å². The van der Waals surface area contributed by atoms with Crippen LogP contribution in [0.4, 0.5) is 11.6 Å². The van der Waals surface area contributed by atoms with E-state index in [0.717, 1.165) is 17.7 Å². The fraction of sp³-hybridized carbons (Fsp3) is 0.200. The quantitative estimate of drug-likeness (QED) is 0.701. The lowest BCUT2D eigenvalue weighted by atomic mass is 10.2. The summed E-state index contributed by atoms with van der Waals surface area (Å²) in [6.45, 7) is 2.42. The van der Waals surface area contributed by atoms with Gasteiger partial charge in [0.15, 0.2) is 0 Å². The van der Waals surface area contributed by atoms with Crippen molar-refractivity contribution < 1.29 is 4.79 Å². The van der Waals surface area contributed by atoms with E-state index in [-0.39, 0.29) is 5.91 Å². The van der Waals surface area contributed by atoms with Gasteiger partial charge in [0, 0.05) is 42.4 Å². The first-order valence-electron chi connectivity index (χ1n) is 8.54. The predicted octanol–water partition coefficient (Wildman–Crippen LogP) is 3.89. The summed E-state index contributed by atoms with van der Waals surface area (Å²) in [4.78, 5) is 27.1. The average Bonchev–Trinajstić information content (AvgIpc) is 2.66. The number of aromatic nitrogens is 3. The van der Waals surface area contributed by atoms with Crippen LogP contribution in [0.3, 0.4) is 0 Å². The van der Waals surface area contributed by atoms with Crippen molar-refractivity contribution in [3.63, 3.8) is 0 Å². The summed E-state index contributed by atoms with van der Waals surface area (Å²) in [5.74, 6) is 0.215. The molecule has 3 aromatic rings. The maximum Gasteiger partial charge on any atom is 0.272 e. The van der Waals surface area contributed by atoms with Gasteiger partial charge in [0.1, 0.15) is 5.69 Å². The van der Waals surface area contributed by atoms with Crippen molar-refractivity contribution in [2.45, 2.75) is 13.3 Å². The number of likely N-dealkylation sites (N-methyl/N-ethyl adjacent to an activating group) is 1. The van der Waals surface area contributed by atoms with Crippen LogP contribution in [0.15, 0.2) is 54.9 Å². The van der Waals surface area contributed by atoms with E-state index in [9.17, 15) is 4.79 Å². The molecule has 138 valence electrons. The molecule has 2 heterocycles. The summed E-state index contributed by atoms with van der Waals surface area (Å²) in [5, 5.41) is 3.70. The van der Waals surface area contributed by atoms with Crippen LogP contribution >= 0.6 is 11.6 Å². The number of pyridine rings is 1. The molecule has 0 atom stereocenters. The highest BCUT2D eigenvalue weighted by Gasteiger charge is 2.15. The van der Waals surface area contributed by atoms with Gasteiger partial charge in [-0.2, -0.15) is 0 Å². The van der Waals surface area contributed by atoms with Crippen molar-refractivity contribution >= 4 is 29.1 Å². The van der Waals surface area contributed by atoms with Crippen molar-refractivity contribution in [1.29, 1.82) is 0 Å². The Morgan fingerprint density at radius 3 is 2.67 bits per heavy atom. The minimum atomic E-state index is -0.149. The Hall–Kier alpha value is -2.99. The molecule has 0 saturated carbocycles. The number of nitrogens with one attached hydrogen (secondary N) is 1. The second-order valence-corrected chi connectivity index (χ2v) is 6.62. The van der Waals surface area contributed by atoms with Crippen LogP contribution in [0.25, 0.3) is 0 Å². The van der Waals surface area contributed by atoms with E-state index in [0.29, 0.717) is 28.9 Å². The minimum absolute atomic E-state index is 0.149. The normalized spacial score (nSPS) is 10.5. The standard InChI is InChI=1S/C20H20ClN5O/c1-14-12-18(19(27)26(2)11-8-15-6-9-22-10-7-15)25-20(23-14)24-17-5-3-4-16(21)13-17/h3-7,9-10,12-13H,8,11H2,1-2H3,(H,23,24,25). The maximum absolute atomic E-state index is 12.8. The molecule has 0 aliphatic rings. The molecule has 1 aromatic carbocycles. The maximum atomic E-state index is 12.8. The van der Waals surface area contributed by atoms with Gasteiger partial charge in [0.2, 0.25) is 5.95 Å². The fourth-order valence-corrected chi connectivity index (χ4v) is 2.76. The van der Waals surface area contributed by atoms with Crippen LogP contribution in [-0.4, -0.2) is 39.4 Å². The molecule has 0 aliphatic carbocycles. The third-order valence-electron chi connectivity index (χ3n) is 3.99. The Balaban J connectivity index is 1.71. The van der Waals surface area contributed by atoms with Gasteiger partial charge >= 0.3 is 0 Å². The van der Waals surface area contributed by atoms with E-state index in [2.05, 4.69) is 20.3 Å². The smallest absolute Gasteiger partial charge is 0.272 e. The Labute approximate surface area is 163 Å². The van der Waals surface area contributed by atoms with E-state index in [1.807, 2.05) is 31.2 Å². The zero-order valence-electron chi connectivity index (χ0n) is 15.2. The molecule has 2 aromatic heterocycles. The largest absolute Gasteiger partial charge is 0.340 e. The second kappa shape index (κ2) is 8.60. The molecule has 0 saturated heterocycles. The molecular weight excluding hydrogens is 362 g/mol. The van der Waals surface area contributed by atoms with Gasteiger partial charge < -0.3 is 10.2 Å². The first-order valence-corrected chi connectivity index (χ1v) is 8.92. The Kier molecular flexibility index (Phi) is 5.98. The molecule has 0 fully saturated rings. The van der Waals surface area contributed by atoms with Gasteiger partial charge in [-0.3, -0.25) is 9.78 Å². The zero-order valence-corrected chi connectivity index (χ0v) is 15.9. The molecule has 7 heteroatoms. The number of hydrogen-bond acceptors (Lipinski definition) is 5. The Bertz CT molecular complexity index is 933. The Morgan fingerprint density at radius 1 is 1.15 bits per heavy atom. The SMILES string of the molecule is Cc1cc(C(=O)N(C)CCc2ccncc2)nc(Nc2cccc(Cl)c2)n1. The highest BCUT2D eigenvalue weighted by molar-refractivity contribution is 6.30. The van der Waals surface area contributed by atoms with Gasteiger partial charge in [-0.25, -0.2) is 9.97 Å². The van der Waals surface area contributed by atoms with E-state index in [1.54, 1.807) is 42.5 Å². The van der Waals surface area contributed by atoms with Crippen LogP contribution in [0.1, 0.15) is 21.7 Å². The van der Waals surface area contributed by atoms with Crippen molar-refractivity contribution in [3.8, 4) is 0 Å². The van der Waals surface area contributed by atoms with E-state index in [1.165, 1.54) is 0 Å². The third-order valence-corrected chi connectivity index (χ3v) is 4.22. The number of benzene rings is 1. The summed E-state index contributed by atoms with van der Waals surface area (Å²) < 4.78 is 0. The summed E-state index contributed by atoms with van der Waals surface area (Å²) in [6.07, 6.45) is 4.25. The number of carbonyl (C=O) groups is 1. The van der Waals surface area contributed by atoms with Crippen molar-refractivity contribution in [1.82, 2.24) is 19.9 Å². The molecule has 1 N–H and O–H groups in total. The lowest BCUT2D eigenvalue weighted by Gasteiger charge is -2.17. The number of aryl methyl sites for hydroxylation is 1. The first kappa shape index (κ1) is 18.8. The van der Waals surface area contributed by atoms with Crippen LogP contribution in [0, 0.1) is 6.92 Å². The molecule has 0 radical (unpaired) electrons. The van der Waals surface area contributed by atoms with E-state index < -0.39 is 0 Å². The van der Waals surface area contributed by atoms with Crippen molar-refractivity contribution in [2.24, 2.45) is 0 Å². The average molecular weight is 382 g/mol. The number of rotatable bonds is 6. The lowest BCUT2D eigenvalue weighted by Crippen LogP contribution is -2.30. The van der Waals surface area contributed by atoms with Crippen LogP contribution in [0.5, 0.6) is 0 Å².